The standard InChI is InChI=1S/C22H26N4O2/c1-15-11-13-26(25-15)16(2)22(27)24-18-6-8-19(9-7-18)28-21-5-3-4-17-14-23-12-10-20(17)21/h3-5,10-14,16,18-19H,6-9H2,1-2H3,(H,24,27). The Hall–Kier alpha value is -2.89. The predicted molar refractivity (Wildman–Crippen MR) is 108 cm³/mol. The summed E-state index contributed by atoms with van der Waals surface area (Å²) >= 11 is 0. The molecular weight excluding hydrogens is 352 g/mol. The maximum absolute atomic E-state index is 12.5. The molecule has 1 saturated carbocycles. The number of ether oxygens (including phenoxy) is 1. The molecule has 28 heavy (non-hydrogen) atoms. The number of aromatic nitrogens is 3. The Morgan fingerprint density at radius 3 is 2.79 bits per heavy atom. The topological polar surface area (TPSA) is 69.0 Å². The highest BCUT2D eigenvalue weighted by Gasteiger charge is 2.26. The molecule has 2 heterocycles. The lowest BCUT2D eigenvalue weighted by Crippen LogP contribution is -2.42. The summed E-state index contributed by atoms with van der Waals surface area (Å²) in [7, 11) is 0. The summed E-state index contributed by atoms with van der Waals surface area (Å²) in [5, 5.41) is 9.70. The highest BCUT2D eigenvalue weighted by molar-refractivity contribution is 5.87. The molecule has 0 spiro atoms. The fraction of sp³-hybridized carbons (Fsp3) is 0.409. The molecule has 0 saturated heterocycles. The third-order valence-electron chi connectivity index (χ3n) is 5.47. The van der Waals surface area contributed by atoms with Crippen molar-refractivity contribution in [1.82, 2.24) is 20.1 Å². The lowest BCUT2D eigenvalue weighted by Gasteiger charge is -2.30. The molecule has 1 aliphatic rings. The molecule has 1 aromatic carbocycles. The van der Waals surface area contributed by atoms with Crippen LogP contribution < -0.4 is 10.1 Å². The van der Waals surface area contributed by atoms with Crippen LogP contribution in [0.25, 0.3) is 10.8 Å². The second-order valence-electron chi connectivity index (χ2n) is 7.57. The molecule has 1 fully saturated rings. The van der Waals surface area contributed by atoms with Crippen molar-refractivity contribution in [1.29, 1.82) is 0 Å². The van der Waals surface area contributed by atoms with Gasteiger partial charge in [0.25, 0.3) is 0 Å². The maximum Gasteiger partial charge on any atom is 0.244 e. The zero-order valence-corrected chi connectivity index (χ0v) is 16.3. The molecule has 0 aliphatic heterocycles. The van der Waals surface area contributed by atoms with Crippen LogP contribution in [-0.2, 0) is 4.79 Å². The van der Waals surface area contributed by atoms with Crippen molar-refractivity contribution in [2.24, 2.45) is 0 Å². The molecule has 1 atom stereocenters. The number of rotatable bonds is 5. The fourth-order valence-electron chi connectivity index (χ4n) is 3.79. The van der Waals surface area contributed by atoms with Gasteiger partial charge in [0.15, 0.2) is 0 Å². The fourth-order valence-corrected chi connectivity index (χ4v) is 3.79. The lowest BCUT2D eigenvalue weighted by atomic mass is 9.92. The van der Waals surface area contributed by atoms with Gasteiger partial charge in [0.05, 0.1) is 11.8 Å². The zero-order valence-electron chi connectivity index (χ0n) is 16.3. The largest absolute Gasteiger partial charge is 0.490 e. The molecule has 3 aromatic rings. The van der Waals surface area contributed by atoms with Crippen LogP contribution in [0.2, 0.25) is 0 Å². The molecular formula is C22H26N4O2. The second kappa shape index (κ2) is 8.00. The number of aryl methyl sites for hydroxylation is 1. The van der Waals surface area contributed by atoms with Gasteiger partial charge in [-0.05, 0) is 57.7 Å². The molecule has 1 amide bonds. The number of fused-ring (bicyclic) bond motifs is 1. The third kappa shape index (κ3) is 4.01. The molecule has 1 N–H and O–H groups in total. The van der Waals surface area contributed by atoms with E-state index in [1.165, 1.54) is 0 Å². The summed E-state index contributed by atoms with van der Waals surface area (Å²) in [6.45, 7) is 3.81. The van der Waals surface area contributed by atoms with E-state index in [-0.39, 0.29) is 24.1 Å². The van der Waals surface area contributed by atoms with Crippen molar-refractivity contribution in [2.75, 3.05) is 0 Å². The van der Waals surface area contributed by atoms with Crippen LogP contribution in [0.3, 0.4) is 0 Å². The number of pyridine rings is 1. The molecule has 6 nitrogen and oxygen atoms in total. The van der Waals surface area contributed by atoms with E-state index in [0.717, 1.165) is 47.9 Å². The van der Waals surface area contributed by atoms with E-state index in [1.54, 1.807) is 10.9 Å². The van der Waals surface area contributed by atoms with Crippen LogP contribution >= 0.6 is 0 Å². The first kappa shape index (κ1) is 18.5. The van der Waals surface area contributed by atoms with Gasteiger partial charge in [-0.15, -0.1) is 0 Å². The first-order valence-corrected chi connectivity index (χ1v) is 9.91. The van der Waals surface area contributed by atoms with Crippen molar-refractivity contribution in [3.8, 4) is 5.75 Å². The van der Waals surface area contributed by atoms with Gasteiger partial charge in [-0.3, -0.25) is 14.5 Å². The maximum atomic E-state index is 12.5. The molecule has 6 heteroatoms. The summed E-state index contributed by atoms with van der Waals surface area (Å²) in [6.07, 6.45) is 9.40. The number of hydrogen-bond donors (Lipinski definition) is 1. The average Bonchev–Trinajstić information content (AvgIpc) is 3.15. The van der Waals surface area contributed by atoms with E-state index in [9.17, 15) is 4.79 Å². The first-order chi connectivity index (χ1) is 13.6. The van der Waals surface area contributed by atoms with Crippen molar-refractivity contribution < 1.29 is 9.53 Å². The Bertz CT molecular complexity index is 955. The van der Waals surface area contributed by atoms with Gasteiger partial charge >= 0.3 is 0 Å². The average molecular weight is 378 g/mol. The zero-order chi connectivity index (χ0) is 19.5. The Balaban J connectivity index is 1.31. The van der Waals surface area contributed by atoms with Gasteiger partial charge in [0.1, 0.15) is 11.8 Å². The Morgan fingerprint density at radius 1 is 1.21 bits per heavy atom. The van der Waals surface area contributed by atoms with E-state index < -0.39 is 0 Å². The van der Waals surface area contributed by atoms with E-state index >= 15 is 0 Å². The summed E-state index contributed by atoms with van der Waals surface area (Å²) in [5.41, 5.74) is 0.918. The van der Waals surface area contributed by atoms with Crippen LogP contribution in [-0.4, -0.2) is 32.8 Å². The molecule has 146 valence electrons. The monoisotopic (exact) mass is 378 g/mol. The molecule has 0 radical (unpaired) electrons. The highest BCUT2D eigenvalue weighted by Crippen LogP contribution is 2.29. The molecule has 0 bridgehead atoms. The van der Waals surface area contributed by atoms with Gasteiger partial charge in [0, 0.05) is 35.4 Å². The van der Waals surface area contributed by atoms with Crippen LogP contribution in [0.5, 0.6) is 5.75 Å². The van der Waals surface area contributed by atoms with Crippen molar-refractivity contribution in [2.45, 2.75) is 57.7 Å². The van der Waals surface area contributed by atoms with Crippen molar-refractivity contribution in [3.63, 3.8) is 0 Å². The summed E-state index contributed by atoms with van der Waals surface area (Å²) in [5.74, 6) is 0.934. The number of nitrogens with zero attached hydrogens (tertiary/aromatic N) is 3. The van der Waals surface area contributed by atoms with Gasteiger partial charge in [-0.1, -0.05) is 12.1 Å². The van der Waals surface area contributed by atoms with Gasteiger partial charge < -0.3 is 10.1 Å². The van der Waals surface area contributed by atoms with E-state index in [1.807, 2.05) is 56.6 Å². The number of carbonyl (C=O) groups is 1. The SMILES string of the molecule is Cc1ccn(C(C)C(=O)NC2CCC(Oc3cccc4cnccc34)CC2)n1. The molecule has 4 rings (SSSR count). The smallest absolute Gasteiger partial charge is 0.244 e. The summed E-state index contributed by atoms with van der Waals surface area (Å²) in [6, 6.07) is 9.87. The molecule has 1 aliphatic carbocycles. The number of nitrogens with one attached hydrogen (secondary N) is 1. The van der Waals surface area contributed by atoms with Gasteiger partial charge in [-0.25, -0.2) is 0 Å². The Morgan fingerprint density at radius 2 is 2.04 bits per heavy atom. The minimum atomic E-state index is -0.299. The van der Waals surface area contributed by atoms with E-state index in [2.05, 4.69) is 15.4 Å². The minimum absolute atomic E-state index is 0.0222. The van der Waals surface area contributed by atoms with Crippen LogP contribution in [0, 0.1) is 6.92 Å². The number of carbonyl (C=O) groups excluding carboxylic acids is 1. The van der Waals surface area contributed by atoms with Crippen LogP contribution in [0.4, 0.5) is 0 Å². The Labute approximate surface area is 164 Å². The molecule has 2 aromatic heterocycles. The normalized spacial score (nSPS) is 20.6. The Kier molecular flexibility index (Phi) is 5.28. The van der Waals surface area contributed by atoms with Crippen LogP contribution in [0.1, 0.15) is 44.3 Å². The van der Waals surface area contributed by atoms with Crippen LogP contribution in [0.15, 0.2) is 48.9 Å². The van der Waals surface area contributed by atoms with E-state index in [0.29, 0.717) is 0 Å². The van der Waals surface area contributed by atoms with Crippen molar-refractivity contribution in [3.05, 3.63) is 54.6 Å². The second-order valence-corrected chi connectivity index (χ2v) is 7.57. The summed E-state index contributed by atoms with van der Waals surface area (Å²) < 4.78 is 8.00. The number of benzene rings is 1. The minimum Gasteiger partial charge on any atom is -0.490 e. The highest BCUT2D eigenvalue weighted by atomic mass is 16.5. The summed E-state index contributed by atoms with van der Waals surface area (Å²) in [4.78, 5) is 16.7. The van der Waals surface area contributed by atoms with Gasteiger partial charge in [-0.2, -0.15) is 5.10 Å². The first-order valence-electron chi connectivity index (χ1n) is 9.91. The predicted octanol–water partition coefficient (Wildman–Crippen LogP) is 3.81. The number of hydrogen-bond acceptors (Lipinski definition) is 4. The van der Waals surface area contributed by atoms with E-state index in [4.69, 9.17) is 4.74 Å². The number of amides is 1. The van der Waals surface area contributed by atoms with Gasteiger partial charge in [0.2, 0.25) is 5.91 Å². The molecule has 1 unspecified atom stereocenters. The lowest BCUT2D eigenvalue weighted by molar-refractivity contribution is -0.125. The van der Waals surface area contributed by atoms with Crippen molar-refractivity contribution >= 4 is 16.7 Å². The quantitative estimate of drug-likeness (QED) is 0.733. The third-order valence-corrected chi connectivity index (χ3v) is 5.47.